The number of hydrogen-bond donors (Lipinski definition) is 0. The minimum Gasteiger partial charge on any atom is -0.463 e. The van der Waals surface area contributed by atoms with E-state index in [1.54, 1.807) is 18.2 Å². The highest BCUT2D eigenvalue weighted by Crippen LogP contribution is 2.40. The molecule has 0 spiro atoms. The molecule has 1 fully saturated rings. The molecule has 5 atom stereocenters. The maximum absolute atomic E-state index is 14.5. The van der Waals surface area contributed by atoms with E-state index in [2.05, 4.69) is 10.3 Å². The number of nitrogens with zero attached hydrogens (tertiary/aromatic N) is 4. The van der Waals surface area contributed by atoms with E-state index in [-0.39, 0.29) is 16.2 Å². The molecule has 3 aromatic carbocycles. The van der Waals surface area contributed by atoms with Crippen LogP contribution in [-0.4, -0.2) is 85.8 Å². The minimum absolute atomic E-state index is 0.199. The van der Waals surface area contributed by atoms with E-state index in [9.17, 15) is 36.0 Å². The molecule has 1 saturated heterocycles. The summed E-state index contributed by atoms with van der Waals surface area (Å²) in [5.74, 6) is -7.31. The molecule has 0 radical (unpaired) electrons. The minimum atomic E-state index is -4.60. The van der Waals surface area contributed by atoms with Crippen LogP contribution in [0.25, 0.3) is 22.0 Å². The highest BCUT2D eigenvalue weighted by Gasteiger charge is 2.56. The fourth-order valence-corrected chi connectivity index (χ4v) is 7.31. The number of esters is 3. The van der Waals surface area contributed by atoms with Gasteiger partial charge in [0.2, 0.25) is 15.3 Å². The first-order valence-electron chi connectivity index (χ1n) is 14.7. The predicted octanol–water partition coefficient (Wildman–Crippen LogP) is 3.75. The van der Waals surface area contributed by atoms with Crippen LogP contribution in [0.2, 0.25) is 0 Å². The Labute approximate surface area is 278 Å². The molecule has 4 aromatic rings. The molecule has 1 aliphatic rings. The van der Waals surface area contributed by atoms with Crippen LogP contribution in [0, 0.1) is 17.5 Å². The zero-order chi connectivity index (χ0) is 35.8. The number of fused-ring (bicyclic) bond motifs is 1. The largest absolute Gasteiger partial charge is 0.463 e. The predicted molar refractivity (Wildman–Crippen MR) is 166 cm³/mol. The summed E-state index contributed by atoms with van der Waals surface area (Å²) in [5.41, 5.74) is -1.62. The van der Waals surface area contributed by atoms with Crippen molar-refractivity contribution in [1.82, 2.24) is 15.0 Å². The maximum atomic E-state index is 14.5. The van der Waals surface area contributed by atoms with Gasteiger partial charge in [0.05, 0.1) is 11.1 Å². The topological polar surface area (TPSA) is 156 Å². The Hall–Kier alpha value is -5.03. The summed E-state index contributed by atoms with van der Waals surface area (Å²) in [6.45, 7) is 2.56. The van der Waals surface area contributed by atoms with Gasteiger partial charge in [0.25, 0.3) is 0 Å². The Balaban J connectivity index is 1.68. The SMILES string of the molecule is CC(=O)OCC1OC(S(=O)(=O)c2ccc3c(N(C)C)cccc3c2)C(OC(C)=O)C(n2cc(-c3cc(F)c(F)c(F)c3)nn2)C1OC(C)=O. The van der Waals surface area contributed by atoms with Gasteiger partial charge in [0.15, 0.2) is 29.7 Å². The lowest BCUT2D eigenvalue weighted by Gasteiger charge is -2.44. The van der Waals surface area contributed by atoms with Crippen molar-refractivity contribution >= 4 is 44.2 Å². The quantitative estimate of drug-likeness (QED) is 0.142. The molecule has 0 N–H and O–H groups in total. The Morgan fingerprint density at radius 3 is 2.18 bits per heavy atom. The van der Waals surface area contributed by atoms with Crippen LogP contribution in [0.3, 0.4) is 0 Å². The fraction of sp³-hybridized carbons (Fsp3) is 0.344. The molecule has 13 nitrogen and oxygen atoms in total. The van der Waals surface area contributed by atoms with Crippen LogP contribution in [0.1, 0.15) is 26.8 Å². The zero-order valence-electron chi connectivity index (χ0n) is 26.8. The number of carbonyl (C=O) groups excluding carboxylic acids is 3. The van der Waals surface area contributed by atoms with Crippen LogP contribution in [0.15, 0.2) is 59.6 Å². The number of benzene rings is 3. The number of aromatic nitrogens is 3. The van der Waals surface area contributed by atoms with Gasteiger partial charge >= 0.3 is 17.9 Å². The van der Waals surface area contributed by atoms with Gasteiger partial charge < -0.3 is 23.8 Å². The van der Waals surface area contributed by atoms with Crippen molar-refractivity contribution in [2.24, 2.45) is 0 Å². The summed E-state index contributed by atoms with van der Waals surface area (Å²) >= 11 is 0. The summed E-state index contributed by atoms with van der Waals surface area (Å²) in [5, 5.41) is 9.19. The lowest BCUT2D eigenvalue weighted by atomic mass is 9.96. The molecule has 1 aliphatic heterocycles. The number of hydrogen-bond acceptors (Lipinski definition) is 12. The average molecular weight is 705 g/mol. The number of carbonyl (C=O) groups is 3. The molecular formula is C32H31F3N4O9S. The molecule has 0 bridgehead atoms. The fourth-order valence-electron chi connectivity index (χ4n) is 5.64. The van der Waals surface area contributed by atoms with E-state index in [0.717, 1.165) is 42.7 Å². The Morgan fingerprint density at radius 1 is 0.918 bits per heavy atom. The van der Waals surface area contributed by atoms with Crippen LogP contribution in [-0.2, 0) is 43.2 Å². The molecular weight excluding hydrogens is 673 g/mol. The van der Waals surface area contributed by atoms with Gasteiger partial charge in [-0.15, -0.1) is 5.10 Å². The van der Waals surface area contributed by atoms with E-state index in [1.165, 1.54) is 12.1 Å². The maximum Gasteiger partial charge on any atom is 0.303 e. The second-order valence-corrected chi connectivity index (χ2v) is 13.4. The molecule has 49 heavy (non-hydrogen) atoms. The van der Waals surface area contributed by atoms with E-state index < -0.39 is 81.6 Å². The van der Waals surface area contributed by atoms with Crippen molar-refractivity contribution in [3.05, 3.63) is 72.2 Å². The van der Waals surface area contributed by atoms with Crippen LogP contribution in [0.5, 0.6) is 0 Å². The number of anilines is 1. The highest BCUT2D eigenvalue weighted by atomic mass is 32.2. The van der Waals surface area contributed by atoms with E-state index >= 15 is 0 Å². The summed E-state index contributed by atoms with van der Waals surface area (Å²) in [6.07, 6.45) is -3.68. The Bertz CT molecular complexity index is 2020. The first kappa shape index (κ1) is 35.3. The molecule has 0 amide bonds. The smallest absolute Gasteiger partial charge is 0.303 e. The van der Waals surface area contributed by atoms with Crippen molar-refractivity contribution in [3.63, 3.8) is 0 Å². The molecule has 1 aromatic heterocycles. The summed E-state index contributed by atoms with van der Waals surface area (Å²) in [6, 6.07) is 9.53. The third-order valence-electron chi connectivity index (χ3n) is 7.71. The van der Waals surface area contributed by atoms with Gasteiger partial charge in [-0.1, -0.05) is 23.4 Å². The molecule has 5 unspecified atom stereocenters. The second kappa shape index (κ2) is 13.8. The van der Waals surface area contributed by atoms with E-state index in [0.29, 0.717) is 17.5 Å². The second-order valence-electron chi connectivity index (χ2n) is 11.4. The van der Waals surface area contributed by atoms with Gasteiger partial charge in [-0.3, -0.25) is 14.4 Å². The monoisotopic (exact) mass is 704 g/mol. The van der Waals surface area contributed by atoms with Gasteiger partial charge in [0, 0.05) is 51.5 Å². The van der Waals surface area contributed by atoms with E-state index in [4.69, 9.17) is 18.9 Å². The summed E-state index contributed by atoms with van der Waals surface area (Å²) in [4.78, 5) is 38.3. The highest BCUT2D eigenvalue weighted by molar-refractivity contribution is 7.92. The molecule has 0 aliphatic carbocycles. The van der Waals surface area contributed by atoms with Crippen molar-refractivity contribution in [1.29, 1.82) is 0 Å². The Kier molecular flexibility index (Phi) is 9.96. The number of ether oxygens (including phenoxy) is 4. The van der Waals surface area contributed by atoms with Crippen molar-refractivity contribution in [2.75, 3.05) is 25.6 Å². The molecule has 2 heterocycles. The first-order valence-corrected chi connectivity index (χ1v) is 16.3. The molecule has 5 rings (SSSR count). The molecule has 260 valence electrons. The lowest BCUT2D eigenvalue weighted by Crippen LogP contribution is -2.60. The van der Waals surface area contributed by atoms with Crippen LogP contribution < -0.4 is 4.90 Å². The van der Waals surface area contributed by atoms with E-state index in [1.807, 2.05) is 25.1 Å². The van der Waals surface area contributed by atoms with Crippen molar-refractivity contribution in [2.45, 2.75) is 55.5 Å². The van der Waals surface area contributed by atoms with Crippen LogP contribution in [0.4, 0.5) is 18.9 Å². The summed E-state index contributed by atoms with van der Waals surface area (Å²) in [7, 11) is -0.936. The summed E-state index contributed by atoms with van der Waals surface area (Å²) < 4.78 is 94.0. The van der Waals surface area contributed by atoms with Crippen molar-refractivity contribution in [3.8, 4) is 11.3 Å². The normalized spacial score (nSPS) is 20.9. The first-order chi connectivity index (χ1) is 23.1. The van der Waals surface area contributed by atoms with Gasteiger partial charge in [0.1, 0.15) is 24.4 Å². The van der Waals surface area contributed by atoms with Crippen molar-refractivity contribution < 1.29 is 54.9 Å². The van der Waals surface area contributed by atoms with Gasteiger partial charge in [-0.2, -0.15) is 0 Å². The molecule has 17 heteroatoms. The standard InChI is InChI=1S/C32H31F3N4O9S/c1-16(40)45-15-27-30(46-17(2)41)29(39-14-25(36-37-39)20-12-23(33)28(35)24(34)13-20)31(47-18(3)42)32(48-27)49(43,44)21-9-10-22-19(11-21)7-6-8-26(22)38(4)5/h6-14,27,29-32H,15H2,1-5H3. The zero-order valence-corrected chi connectivity index (χ0v) is 27.6. The van der Waals surface area contributed by atoms with Crippen LogP contribution >= 0.6 is 0 Å². The third-order valence-corrected chi connectivity index (χ3v) is 9.61. The number of halogens is 3. The molecule has 0 saturated carbocycles. The lowest BCUT2D eigenvalue weighted by molar-refractivity contribution is -0.213. The van der Waals surface area contributed by atoms with Gasteiger partial charge in [-0.05, 0) is 35.7 Å². The number of rotatable bonds is 9. The third kappa shape index (κ3) is 7.22. The number of sulfone groups is 1. The average Bonchev–Trinajstić information content (AvgIpc) is 3.51. The van der Waals surface area contributed by atoms with Gasteiger partial charge in [-0.25, -0.2) is 26.3 Å². The Morgan fingerprint density at radius 2 is 1.57 bits per heavy atom.